The molecule has 0 aliphatic rings. The number of hydrogen-bond donors (Lipinski definition) is 1. The molecule has 0 unspecified atom stereocenters. The van der Waals surface area contributed by atoms with Crippen LogP contribution in [0.15, 0.2) is 22.8 Å². The van der Waals surface area contributed by atoms with Crippen molar-refractivity contribution in [2.45, 2.75) is 6.92 Å². The SMILES string of the molecule is Cc1ccc(Cl)c2c(C(=O)O)cc(Br)nc12. The Morgan fingerprint density at radius 2 is 2.19 bits per heavy atom. The zero-order valence-electron chi connectivity index (χ0n) is 8.29. The van der Waals surface area contributed by atoms with Crippen molar-refractivity contribution in [3.8, 4) is 0 Å². The molecule has 0 aliphatic carbocycles. The van der Waals surface area contributed by atoms with E-state index in [-0.39, 0.29) is 5.56 Å². The predicted molar refractivity (Wildman–Crippen MR) is 66.1 cm³/mol. The maximum Gasteiger partial charge on any atom is 0.336 e. The summed E-state index contributed by atoms with van der Waals surface area (Å²) in [5.74, 6) is -1.01. The first-order valence-electron chi connectivity index (χ1n) is 4.49. The highest BCUT2D eigenvalue weighted by Gasteiger charge is 2.15. The number of carboxylic acid groups (broad SMARTS) is 1. The van der Waals surface area contributed by atoms with Crippen LogP contribution >= 0.6 is 27.5 Å². The van der Waals surface area contributed by atoms with Crippen molar-refractivity contribution in [2.24, 2.45) is 0 Å². The maximum atomic E-state index is 11.1. The molecule has 5 heteroatoms. The lowest BCUT2D eigenvalue weighted by molar-refractivity contribution is 0.0699. The minimum Gasteiger partial charge on any atom is -0.478 e. The Morgan fingerprint density at radius 3 is 2.81 bits per heavy atom. The molecule has 3 nitrogen and oxygen atoms in total. The van der Waals surface area contributed by atoms with Gasteiger partial charge >= 0.3 is 5.97 Å². The Labute approximate surface area is 105 Å². The zero-order chi connectivity index (χ0) is 11.9. The number of nitrogens with zero attached hydrogens (tertiary/aromatic N) is 1. The van der Waals surface area contributed by atoms with E-state index in [0.717, 1.165) is 5.56 Å². The Morgan fingerprint density at radius 1 is 1.50 bits per heavy atom. The second kappa shape index (κ2) is 4.03. The van der Waals surface area contributed by atoms with Gasteiger partial charge in [-0.3, -0.25) is 0 Å². The van der Waals surface area contributed by atoms with Gasteiger partial charge in [-0.25, -0.2) is 9.78 Å². The van der Waals surface area contributed by atoms with Crippen LogP contribution in [0.4, 0.5) is 0 Å². The third-order valence-corrected chi connectivity index (χ3v) is 3.03. The quantitative estimate of drug-likeness (QED) is 0.818. The van der Waals surface area contributed by atoms with Gasteiger partial charge in [0.05, 0.1) is 16.1 Å². The molecule has 1 heterocycles. The number of aromatic carboxylic acids is 1. The fraction of sp³-hybridized carbons (Fsp3) is 0.0909. The highest BCUT2D eigenvalue weighted by atomic mass is 79.9. The van der Waals surface area contributed by atoms with Crippen molar-refractivity contribution in [1.29, 1.82) is 0 Å². The monoisotopic (exact) mass is 299 g/mol. The number of pyridine rings is 1. The molecule has 2 rings (SSSR count). The van der Waals surface area contributed by atoms with Gasteiger partial charge in [-0.1, -0.05) is 17.7 Å². The topological polar surface area (TPSA) is 50.2 Å². The van der Waals surface area contributed by atoms with Gasteiger partial charge < -0.3 is 5.11 Å². The number of aromatic nitrogens is 1. The number of carboxylic acids is 1. The molecular formula is C11H7BrClNO2. The van der Waals surface area contributed by atoms with E-state index in [9.17, 15) is 4.79 Å². The Hall–Kier alpha value is -1.13. The van der Waals surface area contributed by atoms with E-state index in [1.165, 1.54) is 6.07 Å². The summed E-state index contributed by atoms with van der Waals surface area (Å²) in [6.07, 6.45) is 0. The number of fused-ring (bicyclic) bond motifs is 1. The van der Waals surface area contributed by atoms with E-state index in [0.29, 0.717) is 20.5 Å². The van der Waals surface area contributed by atoms with E-state index in [1.807, 2.05) is 13.0 Å². The van der Waals surface area contributed by atoms with Crippen LogP contribution in [0.2, 0.25) is 5.02 Å². The minimum absolute atomic E-state index is 0.158. The van der Waals surface area contributed by atoms with Crippen molar-refractivity contribution in [3.63, 3.8) is 0 Å². The summed E-state index contributed by atoms with van der Waals surface area (Å²) in [5, 5.41) is 10.00. The lowest BCUT2D eigenvalue weighted by Gasteiger charge is -2.07. The number of halogens is 2. The molecule has 82 valence electrons. The smallest absolute Gasteiger partial charge is 0.336 e. The van der Waals surface area contributed by atoms with Crippen LogP contribution in [-0.2, 0) is 0 Å². The van der Waals surface area contributed by atoms with Crippen molar-refractivity contribution in [3.05, 3.63) is 39.0 Å². The molecule has 0 saturated carbocycles. The molecule has 16 heavy (non-hydrogen) atoms. The lowest BCUT2D eigenvalue weighted by atomic mass is 10.1. The summed E-state index contributed by atoms with van der Waals surface area (Å²) >= 11 is 9.20. The van der Waals surface area contributed by atoms with Crippen LogP contribution in [0, 0.1) is 6.92 Å². The first-order chi connectivity index (χ1) is 7.50. The first kappa shape index (κ1) is 11.4. The Balaban J connectivity index is 3.00. The van der Waals surface area contributed by atoms with Crippen LogP contribution in [0.1, 0.15) is 15.9 Å². The van der Waals surface area contributed by atoms with E-state index >= 15 is 0 Å². The normalized spacial score (nSPS) is 10.7. The molecule has 0 atom stereocenters. The van der Waals surface area contributed by atoms with Gasteiger partial charge in [0.2, 0.25) is 0 Å². The Bertz CT molecular complexity index is 598. The van der Waals surface area contributed by atoms with Crippen LogP contribution in [0.5, 0.6) is 0 Å². The Kier molecular flexibility index (Phi) is 2.86. The average Bonchev–Trinajstić information content (AvgIpc) is 2.22. The lowest BCUT2D eigenvalue weighted by Crippen LogP contribution is -2.00. The number of hydrogen-bond acceptors (Lipinski definition) is 2. The molecule has 1 N–H and O–H groups in total. The first-order valence-corrected chi connectivity index (χ1v) is 5.66. The van der Waals surface area contributed by atoms with Gasteiger partial charge in [0.1, 0.15) is 4.60 Å². The molecule has 0 amide bonds. The average molecular weight is 301 g/mol. The summed E-state index contributed by atoms with van der Waals surface area (Å²) < 4.78 is 0.489. The molecule has 0 bridgehead atoms. The van der Waals surface area contributed by atoms with Crippen molar-refractivity contribution < 1.29 is 9.90 Å². The highest BCUT2D eigenvalue weighted by Crippen LogP contribution is 2.30. The molecule has 0 aliphatic heterocycles. The number of rotatable bonds is 1. The van der Waals surface area contributed by atoms with Gasteiger partial charge in [-0.05, 0) is 40.5 Å². The summed E-state index contributed by atoms with van der Waals surface area (Å²) in [6.45, 7) is 1.86. The number of benzene rings is 1. The van der Waals surface area contributed by atoms with Crippen LogP contribution in [0.3, 0.4) is 0 Å². The van der Waals surface area contributed by atoms with Crippen molar-refractivity contribution in [2.75, 3.05) is 0 Å². The standard InChI is InChI=1S/C11H7BrClNO2/c1-5-2-3-7(13)9-6(11(15)16)4-8(12)14-10(5)9/h2-4H,1H3,(H,15,16). The molecule has 0 radical (unpaired) electrons. The minimum atomic E-state index is -1.01. The zero-order valence-corrected chi connectivity index (χ0v) is 10.6. The molecule has 1 aromatic carbocycles. The largest absolute Gasteiger partial charge is 0.478 e. The second-order valence-corrected chi connectivity index (χ2v) is 4.61. The fourth-order valence-corrected chi connectivity index (χ4v) is 2.23. The summed E-state index contributed by atoms with van der Waals surface area (Å²) in [5.41, 5.74) is 1.66. The number of aryl methyl sites for hydroxylation is 1. The predicted octanol–water partition coefficient (Wildman–Crippen LogP) is 3.66. The molecule has 2 aromatic rings. The maximum absolute atomic E-state index is 11.1. The summed E-state index contributed by atoms with van der Waals surface area (Å²) in [6, 6.07) is 4.95. The summed E-state index contributed by atoms with van der Waals surface area (Å²) in [4.78, 5) is 15.4. The third kappa shape index (κ3) is 1.79. The van der Waals surface area contributed by atoms with E-state index in [1.54, 1.807) is 6.07 Å². The molecule has 1 aromatic heterocycles. The van der Waals surface area contributed by atoms with Gasteiger partial charge in [0.25, 0.3) is 0 Å². The van der Waals surface area contributed by atoms with Crippen molar-refractivity contribution in [1.82, 2.24) is 4.98 Å². The summed E-state index contributed by atoms with van der Waals surface area (Å²) in [7, 11) is 0. The van der Waals surface area contributed by atoms with Crippen LogP contribution < -0.4 is 0 Å². The van der Waals surface area contributed by atoms with E-state index < -0.39 is 5.97 Å². The van der Waals surface area contributed by atoms with Gasteiger partial charge in [-0.2, -0.15) is 0 Å². The molecule has 0 saturated heterocycles. The second-order valence-electron chi connectivity index (χ2n) is 3.39. The fourth-order valence-electron chi connectivity index (χ4n) is 1.57. The highest BCUT2D eigenvalue weighted by molar-refractivity contribution is 9.10. The molecular weight excluding hydrogens is 293 g/mol. The van der Waals surface area contributed by atoms with E-state index in [4.69, 9.17) is 16.7 Å². The van der Waals surface area contributed by atoms with Crippen LogP contribution in [-0.4, -0.2) is 16.1 Å². The van der Waals surface area contributed by atoms with Crippen molar-refractivity contribution >= 4 is 44.4 Å². The van der Waals surface area contributed by atoms with Gasteiger partial charge in [-0.15, -0.1) is 0 Å². The third-order valence-electron chi connectivity index (χ3n) is 2.31. The molecule has 0 spiro atoms. The van der Waals surface area contributed by atoms with E-state index in [2.05, 4.69) is 20.9 Å². The van der Waals surface area contributed by atoms with Gasteiger partial charge in [0.15, 0.2) is 0 Å². The van der Waals surface area contributed by atoms with Gasteiger partial charge in [0, 0.05) is 5.39 Å². The van der Waals surface area contributed by atoms with Crippen LogP contribution in [0.25, 0.3) is 10.9 Å². The number of carbonyl (C=O) groups is 1. The molecule has 0 fully saturated rings.